The number of hydrogen-bond donors (Lipinski definition) is 1. The lowest BCUT2D eigenvalue weighted by molar-refractivity contribution is 0.505. The monoisotopic (exact) mass is 171 g/mol. The lowest BCUT2D eigenvalue weighted by Gasteiger charge is -1.64. The molecule has 4 heteroatoms. The lowest BCUT2D eigenvalue weighted by atomic mass is 11.0. The van der Waals surface area contributed by atoms with E-state index < -0.39 is 8.03 Å². The van der Waals surface area contributed by atoms with Crippen LogP contribution < -0.4 is 0 Å². The smallest absolute Gasteiger partial charge is 0.161 e. The first-order valence-electron chi connectivity index (χ1n) is 1.47. The first-order valence-corrected chi connectivity index (χ1v) is 3.99. The van der Waals surface area contributed by atoms with Gasteiger partial charge in [-0.2, -0.15) is 4.89 Å². The molecular formula is C2H5BrO2P+. The first-order chi connectivity index (χ1) is 2.77. The van der Waals surface area contributed by atoms with Gasteiger partial charge in [-0.25, -0.2) is 0 Å². The van der Waals surface area contributed by atoms with E-state index in [1.54, 1.807) is 0 Å². The van der Waals surface area contributed by atoms with Gasteiger partial charge in [0.15, 0.2) is 6.16 Å². The van der Waals surface area contributed by atoms with Crippen LogP contribution in [-0.4, -0.2) is 16.4 Å². The molecule has 0 aromatic carbocycles. The van der Waals surface area contributed by atoms with Crippen molar-refractivity contribution >= 4 is 24.0 Å². The molecule has 0 fully saturated rings. The molecule has 6 heavy (non-hydrogen) atoms. The van der Waals surface area contributed by atoms with Crippen molar-refractivity contribution in [3.63, 3.8) is 0 Å². The fraction of sp³-hybridized carbons (Fsp3) is 1.00. The molecular weight excluding hydrogens is 167 g/mol. The molecule has 0 bridgehead atoms. The molecule has 0 aromatic heterocycles. The summed E-state index contributed by atoms with van der Waals surface area (Å²) in [6.07, 6.45) is 0.356. The van der Waals surface area contributed by atoms with Gasteiger partial charge in [0.25, 0.3) is 0 Å². The van der Waals surface area contributed by atoms with Crippen LogP contribution in [0.2, 0.25) is 0 Å². The van der Waals surface area contributed by atoms with Gasteiger partial charge in [-0.1, -0.05) is 15.9 Å². The maximum absolute atomic E-state index is 9.72. The fourth-order valence-electron chi connectivity index (χ4n) is 0.0723. The Balaban J connectivity index is 2.83. The maximum atomic E-state index is 9.72. The van der Waals surface area contributed by atoms with Crippen molar-refractivity contribution in [3.05, 3.63) is 0 Å². The van der Waals surface area contributed by atoms with Gasteiger partial charge < -0.3 is 0 Å². The molecule has 1 N–H and O–H groups in total. The Labute approximate surface area is 45.6 Å². The quantitative estimate of drug-likeness (QED) is 0.500. The highest BCUT2D eigenvalue weighted by Crippen LogP contribution is 2.11. The normalized spacial score (nSPS) is 11.3. The molecule has 0 radical (unpaired) electrons. The van der Waals surface area contributed by atoms with Crippen molar-refractivity contribution in [3.8, 4) is 0 Å². The minimum atomic E-state index is -1.90. The topological polar surface area (TPSA) is 37.3 Å². The van der Waals surface area contributed by atoms with Gasteiger partial charge in [0.1, 0.15) is 0 Å². The minimum absolute atomic E-state index is 0.356. The predicted octanol–water partition coefficient (Wildman–Crippen LogP) is 1.12. The van der Waals surface area contributed by atoms with Crippen molar-refractivity contribution in [2.75, 3.05) is 11.5 Å². The van der Waals surface area contributed by atoms with Gasteiger partial charge in [-0.15, -0.1) is 0 Å². The van der Waals surface area contributed by atoms with Crippen LogP contribution in [0.1, 0.15) is 0 Å². The lowest BCUT2D eigenvalue weighted by Crippen LogP contribution is -1.72. The molecule has 0 aromatic rings. The Morgan fingerprint density at radius 3 is 2.33 bits per heavy atom. The van der Waals surface area contributed by atoms with E-state index in [2.05, 4.69) is 15.9 Å². The summed E-state index contributed by atoms with van der Waals surface area (Å²) in [5.41, 5.74) is 0. The number of hydrogen-bond acceptors (Lipinski definition) is 1. The zero-order valence-corrected chi connectivity index (χ0v) is 5.58. The molecule has 0 saturated carbocycles. The van der Waals surface area contributed by atoms with E-state index >= 15 is 0 Å². The third kappa shape index (κ3) is 4.54. The van der Waals surface area contributed by atoms with Crippen LogP contribution >= 0.6 is 24.0 Å². The van der Waals surface area contributed by atoms with Crippen LogP contribution in [0.5, 0.6) is 0 Å². The molecule has 0 aliphatic carbocycles. The molecule has 0 heterocycles. The second-order valence-electron chi connectivity index (χ2n) is 0.765. The second kappa shape index (κ2) is 3.72. The summed E-state index contributed by atoms with van der Waals surface area (Å²) in [6.45, 7) is 0. The highest BCUT2D eigenvalue weighted by Gasteiger charge is 2.04. The molecule has 36 valence electrons. The molecule has 0 saturated heterocycles. The molecule has 2 nitrogen and oxygen atoms in total. The highest BCUT2D eigenvalue weighted by molar-refractivity contribution is 9.09. The second-order valence-corrected chi connectivity index (χ2v) is 2.71. The van der Waals surface area contributed by atoms with Gasteiger partial charge in [0.2, 0.25) is 0 Å². The van der Waals surface area contributed by atoms with E-state index in [1.807, 2.05) is 0 Å². The van der Waals surface area contributed by atoms with E-state index in [0.717, 1.165) is 0 Å². The SMILES string of the molecule is O=[P+](O)CCBr. The molecule has 0 aliphatic heterocycles. The molecule has 0 rings (SSSR count). The fourth-order valence-corrected chi connectivity index (χ4v) is 1.13. The van der Waals surface area contributed by atoms with Gasteiger partial charge in [0, 0.05) is 0 Å². The van der Waals surface area contributed by atoms with E-state index in [4.69, 9.17) is 4.89 Å². The number of alkyl halides is 1. The zero-order valence-electron chi connectivity index (χ0n) is 3.09. The van der Waals surface area contributed by atoms with Crippen molar-refractivity contribution in [2.24, 2.45) is 0 Å². The molecule has 0 aliphatic rings. The van der Waals surface area contributed by atoms with Crippen molar-refractivity contribution in [1.82, 2.24) is 0 Å². The summed E-state index contributed by atoms with van der Waals surface area (Å²) < 4.78 is 9.72. The summed E-state index contributed by atoms with van der Waals surface area (Å²) in [7, 11) is -1.90. The Hall–Kier alpha value is 0.540. The van der Waals surface area contributed by atoms with E-state index in [-0.39, 0.29) is 0 Å². The summed E-state index contributed by atoms with van der Waals surface area (Å²) in [4.78, 5) is 8.03. The number of halogens is 1. The van der Waals surface area contributed by atoms with Crippen LogP contribution in [0.4, 0.5) is 0 Å². The van der Waals surface area contributed by atoms with Gasteiger partial charge >= 0.3 is 8.03 Å². The maximum Gasteiger partial charge on any atom is 0.506 e. The third-order valence-corrected chi connectivity index (χ3v) is 1.89. The first kappa shape index (κ1) is 6.54. The zero-order chi connectivity index (χ0) is 4.99. The highest BCUT2D eigenvalue weighted by atomic mass is 79.9. The summed E-state index contributed by atoms with van der Waals surface area (Å²) >= 11 is 3.01. The van der Waals surface area contributed by atoms with Gasteiger partial charge in [-0.05, 0) is 4.57 Å². The standard InChI is InChI=1S/C2H4BrO2P/c3-1-2-6(4)5/h1-2H2/p+1. The Bertz CT molecular complexity index is 55.5. The largest absolute Gasteiger partial charge is 0.506 e. The number of rotatable bonds is 2. The average molecular weight is 172 g/mol. The van der Waals surface area contributed by atoms with Crippen LogP contribution in [0.25, 0.3) is 0 Å². The predicted molar refractivity (Wildman–Crippen MR) is 28.5 cm³/mol. The molecule has 1 unspecified atom stereocenters. The minimum Gasteiger partial charge on any atom is -0.161 e. The van der Waals surface area contributed by atoms with Crippen LogP contribution in [-0.2, 0) is 4.57 Å². The third-order valence-electron chi connectivity index (χ3n) is 0.276. The average Bonchev–Trinajstić information content (AvgIpc) is 1.35. The Kier molecular flexibility index (Phi) is 4.06. The summed E-state index contributed by atoms with van der Waals surface area (Å²) in [5, 5.41) is 0.610. The van der Waals surface area contributed by atoms with Crippen molar-refractivity contribution in [2.45, 2.75) is 0 Å². The van der Waals surface area contributed by atoms with E-state index in [1.165, 1.54) is 0 Å². The van der Waals surface area contributed by atoms with Crippen LogP contribution in [0, 0.1) is 0 Å². The van der Waals surface area contributed by atoms with Crippen molar-refractivity contribution in [1.29, 1.82) is 0 Å². The van der Waals surface area contributed by atoms with Crippen molar-refractivity contribution < 1.29 is 9.46 Å². The Morgan fingerprint density at radius 1 is 1.83 bits per heavy atom. The summed E-state index contributed by atoms with van der Waals surface area (Å²) in [5.74, 6) is 0. The van der Waals surface area contributed by atoms with Crippen LogP contribution in [0.3, 0.4) is 0 Å². The molecule has 0 amide bonds. The molecule has 0 spiro atoms. The summed E-state index contributed by atoms with van der Waals surface area (Å²) in [6, 6.07) is 0. The van der Waals surface area contributed by atoms with Gasteiger partial charge in [-0.3, -0.25) is 0 Å². The molecule has 1 atom stereocenters. The Morgan fingerprint density at radius 2 is 2.33 bits per heavy atom. The van der Waals surface area contributed by atoms with Gasteiger partial charge in [0.05, 0.1) is 5.33 Å². The van der Waals surface area contributed by atoms with Crippen LogP contribution in [0.15, 0.2) is 0 Å². The van der Waals surface area contributed by atoms with E-state index in [0.29, 0.717) is 11.5 Å². The van der Waals surface area contributed by atoms with E-state index in [9.17, 15) is 4.57 Å².